The first-order valence-corrected chi connectivity index (χ1v) is 9.10. The second-order valence-corrected chi connectivity index (χ2v) is 6.92. The second-order valence-electron chi connectivity index (χ2n) is 6.51. The zero-order chi connectivity index (χ0) is 20.1. The highest BCUT2D eigenvalue weighted by molar-refractivity contribution is 6.31. The van der Waals surface area contributed by atoms with Gasteiger partial charge >= 0.3 is 0 Å². The highest BCUT2D eigenvalue weighted by atomic mass is 35.5. The van der Waals surface area contributed by atoms with Gasteiger partial charge in [-0.25, -0.2) is 0 Å². The van der Waals surface area contributed by atoms with Crippen LogP contribution in [0.15, 0.2) is 30.3 Å². The van der Waals surface area contributed by atoms with Gasteiger partial charge in [0.1, 0.15) is 5.75 Å². The number of nitrogens with zero attached hydrogens (tertiary/aromatic N) is 1. The molecule has 0 bridgehead atoms. The molecule has 0 atom stereocenters. The van der Waals surface area contributed by atoms with Crippen molar-refractivity contribution in [1.29, 1.82) is 0 Å². The summed E-state index contributed by atoms with van der Waals surface area (Å²) in [6.45, 7) is 7.46. The SMILES string of the molecule is COc1cc(Cl)c(C)cc1N(CCC(=O)Nc1c(C)cccc1C)C(C)=O. The fourth-order valence-electron chi connectivity index (χ4n) is 2.90. The van der Waals surface area contributed by atoms with Gasteiger partial charge in [0.15, 0.2) is 0 Å². The van der Waals surface area contributed by atoms with Crippen LogP contribution in [-0.4, -0.2) is 25.5 Å². The predicted octanol–water partition coefficient (Wildman–Crippen LogP) is 4.66. The molecule has 0 unspecified atom stereocenters. The molecule has 0 heterocycles. The summed E-state index contributed by atoms with van der Waals surface area (Å²) in [6, 6.07) is 9.33. The summed E-state index contributed by atoms with van der Waals surface area (Å²) in [7, 11) is 1.52. The Balaban J connectivity index is 2.17. The number of ether oxygens (including phenoxy) is 1. The number of nitrogens with one attached hydrogen (secondary N) is 1. The van der Waals surface area contributed by atoms with Crippen LogP contribution in [0.25, 0.3) is 0 Å². The van der Waals surface area contributed by atoms with Crippen molar-refractivity contribution in [2.75, 3.05) is 23.9 Å². The van der Waals surface area contributed by atoms with E-state index in [0.29, 0.717) is 16.5 Å². The van der Waals surface area contributed by atoms with Crippen molar-refractivity contribution in [2.45, 2.75) is 34.1 Å². The number of halogens is 1. The number of carbonyl (C=O) groups excluding carboxylic acids is 2. The normalized spacial score (nSPS) is 10.4. The van der Waals surface area contributed by atoms with Crippen molar-refractivity contribution >= 4 is 34.8 Å². The highest BCUT2D eigenvalue weighted by Crippen LogP contribution is 2.34. The van der Waals surface area contributed by atoms with Gasteiger partial charge in [-0.15, -0.1) is 0 Å². The van der Waals surface area contributed by atoms with E-state index in [-0.39, 0.29) is 24.8 Å². The molecule has 2 amide bonds. The van der Waals surface area contributed by atoms with Crippen LogP contribution in [0.3, 0.4) is 0 Å². The maximum atomic E-state index is 12.4. The van der Waals surface area contributed by atoms with Crippen molar-refractivity contribution in [3.8, 4) is 5.75 Å². The average molecular weight is 389 g/mol. The summed E-state index contributed by atoms with van der Waals surface area (Å²) in [6.07, 6.45) is 0.165. The number of hydrogen-bond acceptors (Lipinski definition) is 3. The molecule has 0 aliphatic rings. The third-order valence-corrected chi connectivity index (χ3v) is 4.85. The summed E-state index contributed by atoms with van der Waals surface area (Å²) in [5, 5.41) is 3.51. The van der Waals surface area contributed by atoms with Crippen LogP contribution < -0.4 is 15.0 Å². The molecule has 0 aromatic heterocycles. The number of para-hydroxylation sites is 1. The minimum absolute atomic E-state index is 0.150. The summed E-state index contributed by atoms with van der Waals surface area (Å²) in [4.78, 5) is 26.2. The van der Waals surface area contributed by atoms with Crippen LogP contribution in [-0.2, 0) is 9.59 Å². The summed E-state index contributed by atoms with van der Waals surface area (Å²) in [5.41, 5.74) is 4.26. The maximum absolute atomic E-state index is 12.4. The van der Waals surface area contributed by atoms with Gasteiger partial charge in [0.2, 0.25) is 11.8 Å². The topological polar surface area (TPSA) is 58.6 Å². The van der Waals surface area contributed by atoms with Gasteiger partial charge in [-0.3, -0.25) is 9.59 Å². The Bertz CT molecular complexity index is 844. The third-order valence-electron chi connectivity index (χ3n) is 4.44. The average Bonchev–Trinajstić information content (AvgIpc) is 2.60. The Kier molecular flexibility index (Phi) is 6.86. The molecule has 6 heteroatoms. The molecule has 0 spiro atoms. The van der Waals surface area contributed by atoms with Gasteiger partial charge in [0.25, 0.3) is 0 Å². The first kappa shape index (κ1) is 20.8. The number of rotatable bonds is 6. The van der Waals surface area contributed by atoms with Crippen molar-refractivity contribution < 1.29 is 14.3 Å². The summed E-state index contributed by atoms with van der Waals surface area (Å²) in [5.74, 6) is 0.175. The second kappa shape index (κ2) is 8.91. The monoisotopic (exact) mass is 388 g/mol. The molecule has 0 aliphatic carbocycles. The van der Waals surface area contributed by atoms with E-state index in [0.717, 1.165) is 22.4 Å². The lowest BCUT2D eigenvalue weighted by Crippen LogP contribution is -2.32. The number of anilines is 2. The standard InChI is InChI=1S/C21H25ClN2O3/c1-13-7-6-8-14(2)21(13)23-20(26)9-10-24(16(4)25)18-11-15(3)17(22)12-19(18)27-5/h6-8,11-12H,9-10H2,1-5H3,(H,23,26). The van der Waals surface area contributed by atoms with E-state index in [1.165, 1.54) is 18.9 Å². The molecule has 0 saturated carbocycles. The molecule has 144 valence electrons. The van der Waals surface area contributed by atoms with Crippen molar-refractivity contribution in [3.05, 3.63) is 52.0 Å². The minimum atomic E-state index is -0.171. The lowest BCUT2D eigenvalue weighted by Gasteiger charge is -2.24. The maximum Gasteiger partial charge on any atom is 0.226 e. The Morgan fingerprint density at radius 3 is 2.30 bits per heavy atom. The largest absolute Gasteiger partial charge is 0.495 e. The van der Waals surface area contributed by atoms with Crippen LogP contribution in [0, 0.1) is 20.8 Å². The highest BCUT2D eigenvalue weighted by Gasteiger charge is 2.19. The molecular weight excluding hydrogens is 364 g/mol. The van der Waals surface area contributed by atoms with Crippen LogP contribution in [0.4, 0.5) is 11.4 Å². The fraction of sp³-hybridized carbons (Fsp3) is 0.333. The third kappa shape index (κ3) is 5.01. The lowest BCUT2D eigenvalue weighted by atomic mass is 10.1. The molecule has 2 aromatic carbocycles. The molecule has 0 saturated heterocycles. The van der Waals surface area contributed by atoms with Crippen molar-refractivity contribution in [2.24, 2.45) is 0 Å². The minimum Gasteiger partial charge on any atom is -0.495 e. The van der Waals surface area contributed by atoms with E-state index in [2.05, 4.69) is 5.32 Å². The van der Waals surface area contributed by atoms with Gasteiger partial charge in [-0.1, -0.05) is 29.8 Å². The Hall–Kier alpha value is -2.53. The number of methoxy groups -OCH3 is 1. The summed E-state index contributed by atoms with van der Waals surface area (Å²) >= 11 is 6.15. The van der Waals surface area contributed by atoms with Crippen LogP contribution >= 0.6 is 11.6 Å². The molecule has 0 aliphatic heterocycles. The first-order valence-electron chi connectivity index (χ1n) is 8.73. The van der Waals surface area contributed by atoms with Crippen molar-refractivity contribution in [1.82, 2.24) is 0 Å². The zero-order valence-corrected chi connectivity index (χ0v) is 17.1. The van der Waals surface area contributed by atoms with E-state index in [4.69, 9.17) is 16.3 Å². The Morgan fingerprint density at radius 1 is 1.11 bits per heavy atom. The van der Waals surface area contributed by atoms with E-state index in [1.807, 2.05) is 39.0 Å². The smallest absolute Gasteiger partial charge is 0.226 e. The molecule has 1 N–H and O–H groups in total. The number of hydrogen-bond donors (Lipinski definition) is 1. The molecule has 2 rings (SSSR count). The molecule has 0 radical (unpaired) electrons. The predicted molar refractivity (Wildman–Crippen MR) is 110 cm³/mol. The zero-order valence-electron chi connectivity index (χ0n) is 16.4. The number of carbonyl (C=O) groups is 2. The van der Waals surface area contributed by atoms with Gasteiger partial charge in [-0.2, -0.15) is 0 Å². The first-order chi connectivity index (χ1) is 12.7. The number of aryl methyl sites for hydroxylation is 3. The van der Waals surface area contributed by atoms with E-state index in [9.17, 15) is 9.59 Å². The number of benzene rings is 2. The molecule has 27 heavy (non-hydrogen) atoms. The summed E-state index contributed by atoms with van der Waals surface area (Å²) < 4.78 is 5.37. The van der Waals surface area contributed by atoms with E-state index < -0.39 is 0 Å². The van der Waals surface area contributed by atoms with Gasteiger partial charge in [-0.05, 0) is 43.5 Å². The van der Waals surface area contributed by atoms with Crippen molar-refractivity contribution in [3.63, 3.8) is 0 Å². The fourth-order valence-corrected chi connectivity index (χ4v) is 3.05. The van der Waals surface area contributed by atoms with Crippen LogP contribution in [0.2, 0.25) is 5.02 Å². The Labute approximate surface area is 165 Å². The van der Waals surface area contributed by atoms with E-state index in [1.54, 1.807) is 12.1 Å². The van der Waals surface area contributed by atoms with Crippen LogP contribution in [0.5, 0.6) is 5.75 Å². The molecule has 5 nitrogen and oxygen atoms in total. The van der Waals surface area contributed by atoms with E-state index >= 15 is 0 Å². The van der Waals surface area contributed by atoms with Gasteiger partial charge < -0.3 is 15.0 Å². The number of amides is 2. The molecule has 2 aromatic rings. The Morgan fingerprint density at radius 2 is 1.74 bits per heavy atom. The van der Waals surface area contributed by atoms with Gasteiger partial charge in [0, 0.05) is 36.7 Å². The lowest BCUT2D eigenvalue weighted by molar-refractivity contribution is -0.117. The quantitative estimate of drug-likeness (QED) is 0.783. The van der Waals surface area contributed by atoms with Crippen LogP contribution in [0.1, 0.15) is 30.0 Å². The molecule has 0 fully saturated rings. The molecular formula is C21H25ClN2O3. The van der Waals surface area contributed by atoms with Gasteiger partial charge in [0.05, 0.1) is 12.8 Å².